The van der Waals surface area contributed by atoms with Gasteiger partial charge in [-0.2, -0.15) is 0 Å². The van der Waals surface area contributed by atoms with E-state index < -0.39 is 0 Å². The van der Waals surface area contributed by atoms with E-state index in [9.17, 15) is 4.79 Å². The van der Waals surface area contributed by atoms with E-state index in [4.69, 9.17) is 10.2 Å². The Bertz CT molecular complexity index is 569. The molecule has 1 atom stereocenters. The monoisotopic (exact) mass is 322 g/mol. The van der Waals surface area contributed by atoms with Crippen LogP contribution < -0.4 is 11.1 Å². The molecular weight excluding hydrogens is 300 g/mol. The smallest absolute Gasteiger partial charge is 0.254 e. The first kappa shape index (κ1) is 18.3. The molecule has 2 rings (SSSR count). The van der Waals surface area contributed by atoms with Gasteiger partial charge in [0.1, 0.15) is 12.0 Å². The van der Waals surface area contributed by atoms with Crippen molar-refractivity contribution < 1.29 is 9.21 Å². The van der Waals surface area contributed by atoms with Crippen molar-refractivity contribution in [2.45, 2.75) is 38.8 Å². The summed E-state index contributed by atoms with van der Waals surface area (Å²) >= 11 is 0. The van der Waals surface area contributed by atoms with Crippen molar-refractivity contribution >= 4 is 18.3 Å². The van der Waals surface area contributed by atoms with E-state index in [1.807, 2.05) is 18.2 Å². The van der Waals surface area contributed by atoms with Gasteiger partial charge in [0.05, 0.1) is 12.1 Å². The molecule has 4 nitrogen and oxygen atoms in total. The number of benzene rings is 1. The van der Waals surface area contributed by atoms with Crippen LogP contribution in [0.5, 0.6) is 0 Å². The first-order valence-electron chi connectivity index (χ1n) is 7.35. The van der Waals surface area contributed by atoms with Gasteiger partial charge in [-0.1, -0.05) is 43.7 Å². The summed E-state index contributed by atoms with van der Waals surface area (Å²) in [5.74, 6) is 0.517. The third-order valence-electron chi connectivity index (χ3n) is 3.41. The highest BCUT2D eigenvalue weighted by atomic mass is 35.5. The number of carbonyl (C=O) groups excluding carboxylic acids is 1. The lowest BCUT2D eigenvalue weighted by Gasteiger charge is -2.17. The summed E-state index contributed by atoms with van der Waals surface area (Å²) in [5.41, 5.74) is 7.25. The van der Waals surface area contributed by atoms with Crippen molar-refractivity contribution in [3.8, 4) is 0 Å². The largest absolute Gasteiger partial charge is 0.467 e. The fraction of sp³-hybridized carbons (Fsp3) is 0.353. The normalized spacial score (nSPS) is 11.5. The van der Waals surface area contributed by atoms with Gasteiger partial charge in [-0.25, -0.2) is 0 Å². The number of nitrogens with one attached hydrogen (secondary N) is 1. The molecule has 0 fully saturated rings. The molecule has 0 saturated carbocycles. The van der Waals surface area contributed by atoms with Crippen LogP contribution in [0.25, 0.3) is 0 Å². The number of rotatable bonds is 7. The number of nitrogens with two attached hydrogens (primary N) is 1. The fourth-order valence-electron chi connectivity index (χ4n) is 2.35. The van der Waals surface area contributed by atoms with Gasteiger partial charge in [-0.05, 0) is 24.5 Å². The van der Waals surface area contributed by atoms with E-state index in [0.29, 0.717) is 17.9 Å². The summed E-state index contributed by atoms with van der Waals surface area (Å²) < 4.78 is 5.21. The number of halogens is 1. The zero-order chi connectivity index (χ0) is 15.1. The first-order chi connectivity index (χ1) is 10.2. The summed E-state index contributed by atoms with van der Waals surface area (Å²) in [6.45, 7) is 2.42. The van der Waals surface area contributed by atoms with Crippen LogP contribution in [0, 0.1) is 0 Å². The maximum atomic E-state index is 12.2. The Hall–Kier alpha value is -1.78. The van der Waals surface area contributed by atoms with E-state index in [-0.39, 0.29) is 24.4 Å². The third kappa shape index (κ3) is 5.20. The molecule has 0 aliphatic rings. The lowest BCUT2D eigenvalue weighted by atomic mass is 10.0. The van der Waals surface area contributed by atoms with Crippen molar-refractivity contribution in [3.63, 3.8) is 0 Å². The summed E-state index contributed by atoms with van der Waals surface area (Å²) in [6.07, 6.45) is 4.27. The lowest BCUT2D eigenvalue weighted by Crippen LogP contribution is -2.36. The number of hydrogen-bond acceptors (Lipinski definition) is 3. The van der Waals surface area contributed by atoms with Crippen LogP contribution in [0.1, 0.15) is 41.4 Å². The van der Waals surface area contributed by atoms with Gasteiger partial charge in [0.15, 0.2) is 0 Å². The van der Waals surface area contributed by atoms with Gasteiger partial charge < -0.3 is 15.5 Å². The van der Waals surface area contributed by atoms with E-state index in [1.165, 1.54) is 11.8 Å². The Morgan fingerprint density at radius 2 is 2.05 bits per heavy atom. The van der Waals surface area contributed by atoms with Crippen LogP contribution >= 0.6 is 12.4 Å². The second-order valence-corrected chi connectivity index (χ2v) is 5.15. The molecule has 0 aliphatic heterocycles. The molecule has 1 heterocycles. The molecule has 0 spiro atoms. The van der Waals surface area contributed by atoms with Gasteiger partial charge in [-0.3, -0.25) is 4.79 Å². The predicted octanol–water partition coefficient (Wildman–Crippen LogP) is 3.30. The lowest BCUT2D eigenvalue weighted by molar-refractivity contribution is 0.0934. The average Bonchev–Trinajstić information content (AvgIpc) is 2.97. The Kier molecular flexibility index (Phi) is 7.71. The Morgan fingerprint density at radius 3 is 2.64 bits per heavy atom. The van der Waals surface area contributed by atoms with Gasteiger partial charge in [-0.15, -0.1) is 12.4 Å². The Labute approximate surface area is 137 Å². The van der Waals surface area contributed by atoms with E-state index in [0.717, 1.165) is 19.3 Å². The van der Waals surface area contributed by atoms with Crippen LogP contribution in [0.3, 0.4) is 0 Å². The number of amides is 1. The van der Waals surface area contributed by atoms with Crippen LogP contribution in [-0.2, 0) is 13.0 Å². The molecule has 0 bridgehead atoms. The molecule has 1 unspecified atom stereocenters. The third-order valence-corrected chi connectivity index (χ3v) is 3.41. The van der Waals surface area contributed by atoms with Crippen LogP contribution in [0.15, 0.2) is 47.1 Å². The van der Waals surface area contributed by atoms with Crippen molar-refractivity contribution in [2.75, 3.05) is 0 Å². The van der Waals surface area contributed by atoms with Gasteiger partial charge in [0.25, 0.3) is 5.91 Å². The van der Waals surface area contributed by atoms with E-state index in [1.54, 1.807) is 6.07 Å². The molecule has 1 amide bonds. The minimum absolute atomic E-state index is 0. The summed E-state index contributed by atoms with van der Waals surface area (Å²) in [5, 5.41) is 3.08. The summed E-state index contributed by atoms with van der Waals surface area (Å²) in [6, 6.07) is 12.0. The number of hydrogen-bond donors (Lipinski definition) is 2. The zero-order valence-electron chi connectivity index (χ0n) is 12.7. The Morgan fingerprint density at radius 1 is 1.32 bits per heavy atom. The zero-order valence-corrected chi connectivity index (χ0v) is 13.6. The molecule has 5 heteroatoms. The highest BCUT2D eigenvalue weighted by Crippen LogP contribution is 2.11. The summed E-state index contributed by atoms with van der Waals surface area (Å²) in [7, 11) is 0. The number of carbonyl (C=O) groups is 1. The van der Waals surface area contributed by atoms with Crippen LogP contribution in [0.4, 0.5) is 0 Å². The van der Waals surface area contributed by atoms with Crippen LogP contribution in [0.2, 0.25) is 0 Å². The molecule has 0 saturated heterocycles. The molecule has 1 aromatic carbocycles. The predicted molar refractivity (Wildman–Crippen MR) is 90.2 cm³/mol. The maximum Gasteiger partial charge on any atom is 0.254 e. The average molecular weight is 323 g/mol. The molecule has 22 heavy (non-hydrogen) atoms. The van der Waals surface area contributed by atoms with Gasteiger partial charge in [0, 0.05) is 6.04 Å². The van der Waals surface area contributed by atoms with Crippen molar-refractivity contribution in [1.82, 2.24) is 5.32 Å². The second-order valence-electron chi connectivity index (χ2n) is 5.15. The molecular formula is C17H23ClN2O2. The second kappa shape index (κ2) is 9.28. The minimum atomic E-state index is -0.104. The molecule has 1 aromatic heterocycles. The number of furan rings is 1. The quantitative estimate of drug-likeness (QED) is 0.821. The fourth-order valence-corrected chi connectivity index (χ4v) is 2.35. The molecule has 0 radical (unpaired) electrons. The highest BCUT2D eigenvalue weighted by molar-refractivity contribution is 5.94. The van der Waals surface area contributed by atoms with Gasteiger partial charge >= 0.3 is 0 Å². The van der Waals surface area contributed by atoms with Crippen molar-refractivity contribution in [2.24, 2.45) is 5.73 Å². The van der Waals surface area contributed by atoms with E-state index >= 15 is 0 Å². The first-order valence-corrected chi connectivity index (χ1v) is 7.35. The molecule has 2 aromatic rings. The van der Waals surface area contributed by atoms with Gasteiger partial charge in [0.2, 0.25) is 0 Å². The molecule has 3 N–H and O–H groups in total. The minimum Gasteiger partial charge on any atom is -0.467 e. The van der Waals surface area contributed by atoms with Crippen molar-refractivity contribution in [3.05, 3.63) is 59.5 Å². The van der Waals surface area contributed by atoms with Crippen molar-refractivity contribution in [1.29, 1.82) is 0 Å². The molecule has 120 valence electrons. The standard InChI is InChI=1S/C17H22N2O2.ClH/c1-2-6-15(9-13-7-4-3-5-8-13)19-17(20)14-10-16(11-18)21-12-14;/h3-5,7-8,10,12,15H,2,6,9,11,18H2,1H3,(H,19,20);1H. The Balaban J connectivity index is 0.00000242. The summed E-state index contributed by atoms with van der Waals surface area (Å²) in [4.78, 5) is 12.2. The SMILES string of the molecule is CCCC(Cc1ccccc1)NC(=O)c1coc(CN)c1.Cl. The highest BCUT2D eigenvalue weighted by Gasteiger charge is 2.15. The van der Waals surface area contributed by atoms with E-state index in [2.05, 4.69) is 24.4 Å². The van der Waals surface area contributed by atoms with Crippen LogP contribution in [-0.4, -0.2) is 11.9 Å². The topological polar surface area (TPSA) is 68.3 Å². The maximum absolute atomic E-state index is 12.2. The molecule has 0 aliphatic carbocycles.